The highest BCUT2D eigenvalue weighted by molar-refractivity contribution is 5.55. The first-order valence-electron chi connectivity index (χ1n) is 2.81. The Morgan fingerprint density at radius 3 is 2.40 bits per heavy atom. The molecule has 0 saturated heterocycles. The molecule has 0 aromatic carbocycles. The molecule has 3 nitrogen and oxygen atoms in total. The van der Waals surface area contributed by atoms with Crippen molar-refractivity contribution in [1.82, 2.24) is 15.2 Å². The third kappa shape index (κ3) is 1.07. The highest BCUT2D eigenvalue weighted by atomic mass is 15.1. The maximum atomic E-state index is 3.91. The molecule has 0 bridgehead atoms. The largest absolute Gasteiger partial charge is 0.233 e. The van der Waals surface area contributed by atoms with E-state index in [4.69, 9.17) is 0 Å². The molecule has 0 N–H and O–H groups in total. The zero-order chi connectivity index (χ0) is 7.40. The Bertz CT molecular complexity index is 228. The summed E-state index contributed by atoms with van der Waals surface area (Å²) < 4.78 is 0. The van der Waals surface area contributed by atoms with Crippen LogP contribution in [-0.4, -0.2) is 15.2 Å². The van der Waals surface area contributed by atoms with Gasteiger partial charge < -0.3 is 0 Å². The van der Waals surface area contributed by atoms with Crippen molar-refractivity contribution < 1.29 is 0 Å². The summed E-state index contributed by atoms with van der Waals surface area (Å²) in [5.41, 5.74) is 1.38. The van der Waals surface area contributed by atoms with E-state index in [2.05, 4.69) is 28.3 Å². The van der Waals surface area contributed by atoms with Gasteiger partial charge in [0, 0.05) is 0 Å². The van der Waals surface area contributed by atoms with Crippen LogP contribution >= 0.6 is 0 Å². The van der Waals surface area contributed by atoms with Gasteiger partial charge in [-0.25, -0.2) is 4.98 Å². The molecule has 50 valence electrons. The van der Waals surface area contributed by atoms with E-state index in [1.165, 1.54) is 6.33 Å². The Kier molecular flexibility index (Phi) is 1.89. The van der Waals surface area contributed by atoms with E-state index < -0.39 is 0 Å². The van der Waals surface area contributed by atoms with E-state index in [-0.39, 0.29) is 0 Å². The fraction of sp³-hybridized carbons (Fsp3) is 0. The lowest BCUT2D eigenvalue weighted by molar-refractivity contribution is 0.949. The fourth-order valence-corrected chi connectivity index (χ4v) is 0.596. The molecule has 0 aliphatic carbocycles. The number of rotatable bonds is 2. The predicted octanol–water partition coefficient (Wildman–Crippen LogP) is 1.16. The van der Waals surface area contributed by atoms with Crippen LogP contribution in [0.1, 0.15) is 11.4 Å². The first kappa shape index (κ1) is 6.61. The van der Waals surface area contributed by atoms with E-state index in [1.807, 2.05) is 0 Å². The van der Waals surface area contributed by atoms with E-state index in [9.17, 15) is 0 Å². The predicted molar refractivity (Wildman–Crippen MR) is 40.0 cm³/mol. The molecule has 1 aromatic rings. The van der Waals surface area contributed by atoms with Gasteiger partial charge in [0.25, 0.3) is 0 Å². The molecule has 0 spiro atoms. The third-order valence-corrected chi connectivity index (χ3v) is 1.06. The van der Waals surface area contributed by atoms with Crippen molar-refractivity contribution in [3.8, 4) is 0 Å². The first-order valence-corrected chi connectivity index (χ1v) is 2.81. The van der Waals surface area contributed by atoms with Crippen molar-refractivity contribution in [2.24, 2.45) is 0 Å². The lowest BCUT2D eigenvalue weighted by Crippen LogP contribution is -1.92. The second-order valence-electron chi connectivity index (χ2n) is 1.64. The summed E-state index contributed by atoms with van der Waals surface area (Å²) in [6, 6.07) is 0. The number of nitrogens with zero attached hydrogens (tertiary/aromatic N) is 3. The van der Waals surface area contributed by atoms with Gasteiger partial charge in [-0.3, -0.25) is 0 Å². The van der Waals surface area contributed by atoms with Crippen molar-refractivity contribution in [1.29, 1.82) is 0 Å². The van der Waals surface area contributed by atoms with E-state index in [0.29, 0.717) is 11.4 Å². The Hall–Kier alpha value is -1.51. The average molecular weight is 133 g/mol. The minimum Gasteiger partial charge on any atom is -0.233 e. The second kappa shape index (κ2) is 2.87. The molecule has 1 aromatic heterocycles. The van der Waals surface area contributed by atoms with Crippen LogP contribution in [0.3, 0.4) is 0 Å². The van der Waals surface area contributed by atoms with Gasteiger partial charge in [0.1, 0.15) is 12.0 Å². The van der Waals surface area contributed by atoms with Crippen LogP contribution < -0.4 is 0 Å². The molecule has 0 aliphatic heterocycles. The SMILES string of the molecule is C=Cc1ncnnc1C=C. The summed E-state index contributed by atoms with van der Waals surface area (Å²) in [6.07, 6.45) is 4.59. The molecular weight excluding hydrogens is 126 g/mol. The monoisotopic (exact) mass is 133 g/mol. The van der Waals surface area contributed by atoms with Crippen LogP contribution in [0.5, 0.6) is 0 Å². The topological polar surface area (TPSA) is 38.7 Å². The maximum absolute atomic E-state index is 3.91. The highest BCUT2D eigenvalue weighted by Crippen LogP contribution is 2.01. The summed E-state index contributed by atoms with van der Waals surface area (Å²) in [4.78, 5) is 3.91. The van der Waals surface area contributed by atoms with Gasteiger partial charge >= 0.3 is 0 Å². The quantitative estimate of drug-likeness (QED) is 0.607. The van der Waals surface area contributed by atoms with Crippen LogP contribution in [-0.2, 0) is 0 Å². The average Bonchev–Trinajstić information content (AvgIpc) is 2.04. The Morgan fingerprint density at radius 2 is 1.90 bits per heavy atom. The summed E-state index contributed by atoms with van der Waals surface area (Å²) in [7, 11) is 0. The van der Waals surface area contributed by atoms with Crippen LogP contribution in [0.2, 0.25) is 0 Å². The molecule has 0 atom stereocenters. The van der Waals surface area contributed by atoms with Crippen molar-refractivity contribution >= 4 is 12.2 Å². The highest BCUT2D eigenvalue weighted by Gasteiger charge is 1.94. The van der Waals surface area contributed by atoms with Crippen molar-refractivity contribution in [3.05, 3.63) is 30.9 Å². The molecule has 10 heavy (non-hydrogen) atoms. The van der Waals surface area contributed by atoms with Crippen LogP contribution in [0.25, 0.3) is 12.2 Å². The normalized spacial score (nSPS) is 8.80. The number of aromatic nitrogens is 3. The first-order chi connectivity index (χ1) is 4.88. The lowest BCUT2D eigenvalue weighted by atomic mass is 10.3. The molecule has 0 unspecified atom stereocenters. The van der Waals surface area contributed by atoms with Crippen LogP contribution in [0, 0.1) is 0 Å². The Morgan fingerprint density at radius 1 is 1.20 bits per heavy atom. The molecule has 1 heterocycles. The molecule has 0 saturated carbocycles. The van der Waals surface area contributed by atoms with Gasteiger partial charge in [-0.05, 0) is 12.2 Å². The van der Waals surface area contributed by atoms with Gasteiger partial charge in [0.2, 0.25) is 0 Å². The zero-order valence-electron chi connectivity index (χ0n) is 5.49. The standard InChI is InChI=1S/C7H7N3/c1-3-6-7(4-2)10-9-5-8-6/h3-5H,1-2H2. The molecule has 1 rings (SSSR count). The van der Waals surface area contributed by atoms with E-state index in [1.54, 1.807) is 12.2 Å². The van der Waals surface area contributed by atoms with Crippen LogP contribution in [0.15, 0.2) is 19.5 Å². The summed E-state index contributed by atoms with van der Waals surface area (Å²) in [5, 5.41) is 7.35. The minimum absolute atomic E-state index is 0.664. The summed E-state index contributed by atoms with van der Waals surface area (Å²) >= 11 is 0. The van der Waals surface area contributed by atoms with Crippen LogP contribution in [0.4, 0.5) is 0 Å². The number of hydrogen-bond donors (Lipinski definition) is 0. The summed E-state index contributed by atoms with van der Waals surface area (Å²) in [5.74, 6) is 0. The summed E-state index contributed by atoms with van der Waals surface area (Å²) in [6.45, 7) is 7.11. The van der Waals surface area contributed by atoms with Gasteiger partial charge in [0.15, 0.2) is 0 Å². The minimum atomic E-state index is 0.664. The molecule has 0 amide bonds. The fourth-order valence-electron chi connectivity index (χ4n) is 0.596. The van der Waals surface area contributed by atoms with Gasteiger partial charge in [-0.2, -0.15) is 0 Å². The molecule has 0 aliphatic rings. The van der Waals surface area contributed by atoms with Crippen molar-refractivity contribution in [2.45, 2.75) is 0 Å². The van der Waals surface area contributed by atoms with Gasteiger partial charge in [-0.1, -0.05) is 13.2 Å². The number of hydrogen-bond acceptors (Lipinski definition) is 3. The maximum Gasteiger partial charge on any atom is 0.138 e. The third-order valence-electron chi connectivity index (χ3n) is 1.06. The zero-order valence-corrected chi connectivity index (χ0v) is 5.49. The van der Waals surface area contributed by atoms with Gasteiger partial charge in [0.05, 0.1) is 5.69 Å². The second-order valence-corrected chi connectivity index (χ2v) is 1.64. The molecule has 3 heteroatoms. The molecule has 0 fully saturated rings. The lowest BCUT2D eigenvalue weighted by Gasteiger charge is -1.92. The van der Waals surface area contributed by atoms with E-state index >= 15 is 0 Å². The Balaban J connectivity index is 3.20. The smallest absolute Gasteiger partial charge is 0.138 e. The van der Waals surface area contributed by atoms with Crippen molar-refractivity contribution in [3.63, 3.8) is 0 Å². The van der Waals surface area contributed by atoms with Gasteiger partial charge in [-0.15, -0.1) is 10.2 Å². The molecular formula is C7H7N3. The molecule has 0 radical (unpaired) electrons. The van der Waals surface area contributed by atoms with E-state index in [0.717, 1.165) is 0 Å². The van der Waals surface area contributed by atoms with Crippen molar-refractivity contribution in [2.75, 3.05) is 0 Å². The Labute approximate surface area is 59.1 Å².